The van der Waals surface area contributed by atoms with Crippen LogP contribution < -0.4 is 10.6 Å². The molecule has 0 saturated carbocycles. The van der Waals surface area contributed by atoms with Gasteiger partial charge in [-0.25, -0.2) is 0 Å². The van der Waals surface area contributed by atoms with Crippen molar-refractivity contribution in [2.75, 3.05) is 10.6 Å². The van der Waals surface area contributed by atoms with Gasteiger partial charge in [-0.3, -0.25) is 4.68 Å². The molecule has 1 heterocycles. The van der Waals surface area contributed by atoms with E-state index in [2.05, 4.69) is 34.8 Å². The van der Waals surface area contributed by atoms with Crippen molar-refractivity contribution in [2.45, 2.75) is 13.5 Å². The fourth-order valence-corrected chi connectivity index (χ4v) is 2.53. The lowest BCUT2D eigenvalue weighted by Crippen LogP contribution is -2.18. The quantitative estimate of drug-likeness (QED) is 0.711. The molecule has 3 rings (SSSR count). The van der Waals surface area contributed by atoms with Crippen LogP contribution in [0.3, 0.4) is 0 Å². The van der Waals surface area contributed by atoms with Gasteiger partial charge in [0.05, 0.1) is 18.4 Å². The maximum absolute atomic E-state index is 5.32. The summed E-state index contributed by atoms with van der Waals surface area (Å²) in [6.45, 7) is 2.85. The summed E-state index contributed by atoms with van der Waals surface area (Å²) in [4.78, 5) is 0. The number of rotatable bonds is 4. The molecule has 0 aliphatic carbocycles. The third-order valence-corrected chi connectivity index (χ3v) is 3.72. The molecule has 0 radical (unpaired) electrons. The highest BCUT2D eigenvalue weighted by Gasteiger charge is 2.04. The number of nitrogens with zero attached hydrogens (tertiary/aromatic N) is 2. The molecule has 4 nitrogen and oxygen atoms in total. The predicted octanol–water partition coefficient (Wildman–Crippen LogP) is 4.05. The van der Waals surface area contributed by atoms with Crippen LogP contribution in [0.25, 0.3) is 0 Å². The van der Waals surface area contributed by atoms with E-state index in [4.69, 9.17) is 12.2 Å². The van der Waals surface area contributed by atoms with Crippen LogP contribution in [0.4, 0.5) is 11.4 Å². The zero-order valence-corrected chi connectivity index (χ0v) is 13.7. The van der Waals surface area contributed by atoms with Crippen LogP contribution in [0.15, 0.2) is 67.0 Å². The van der Waals surface area contributed by atoms with E-state index in [0.717, 1.165) is 17.9 Å². The Labute approximate surface area is 141 Å². The van der Waals surface area contributed by atoms with Gasteiger partial charge in [-0.1, -0.05) is 42.5 Å². The maximum Gasteiger partial charge on any atom is 0.175 e. The van der Waals surface area contributed by atoms with Crippen LogP contribution in [-0.4, -0.2) is 14.9 Å². The molecule has 0 saturated heterocycles. The summed E-state index contributed by atoms with van der Waals surface area (Å²) >= 11 is 5.32. The van der Waals surface area contributed by atoms with Gasteiger partial charge in [-0.15, -0.1) is 0 Å². The van der Waals surface area contributed by atoms with E-state index < -0.39 is 0 Å². The van der Waals surface area contributed by atoms with E-state index >= 15 is 0 Å². The Kier molecular flexibility index (Phi) is 4.68. The minimum atomic E-state index is 0.548. The fourth-order valence-electron chi connectivity index (χ4n) is 2.29. The predicted molar refractivity (Wildman–Crippen MR) is 98.8 cm³/mol. The molecule has 0 amide bonds. The number of thiocarbonyl (C=S) groups is 1. The SMILES string of the molecule is Cc1ccccc1Cn1cc(NC(=S)Nc2ccccc2)cn1. The van der Waals surface area contributed by atoms with Gasteiger partial charge < -0.3 is 10.6 Å². The van der Waals surface area contributed by atoms with Gasteiger partial charge >= 0.3 is 0 Å². The second-order valence-electron chi connectivity index (χ2n) is 5.30. The van der Waals surface area contributed by atoms with Gasteiger partial charge in [0.2, 0.25) is 0 Å². The molecule has 1 aromatic heterocycles. The summed E-state index contributed by atoms with van der Waals surface area (Å²) in [5, 5.41) is 11.2. The Balaban J connectivity index is 1.61. The maximum atomic E-state index is 5.32. The van der Waals surface area contributed by atoms with Crippen molar-refractivity contribution >= 4 is 28.7 Å². The van der Waals surface area contributed by atoms with Crippen LogP contribution in [-0.2, 0) is 6.54 Å². The van der Waals surface area contributed by atoms with Gasteiger partial charge in [-0.05, 0) is 42.4 Å². The number of aryl methyl sites for hydroxylation is 1. The first-order valence-corrected chi connectivity index (χ1v) is 7.81. The minimum Gasteiger partial charge on any atom is -0.332 e. The third kappa shape index (κ3) is 4.17. The monoisotopic (exact) mass is 322 g/mol. The van der Waals surface area contributed by atoms with Gasteiger partial charge in [-0.2, -0.15) is 5.10 Å². The Morgan fingerprint density at radius 2 is 1.70 bits per heavy atom. The van der Waals surface area contributed by atoms with E-state index in [1.807, 2.05) is 53.3 Å². The van der Waals surface area contributed by atoms with Crippen molar-refractivity contribution in [3.8, 4) is 0 Å². The van der Waals surface area contributed by atoms with E-state index in [9.17, 15) is 0 Å². The number of hydrogen-bond acceptors (Lipinski definition) is 2. The Morgan fingerprint density at radius 1 is 1.00 bits per heavy atom. The van der Waals surface area contributed by atoms with Crippen LogP contribution in [0.2, 0.25) is 0 Å². The Bertz CT molecular complexity index is 796. The molecule has 0 aliphatic rings. The summed E-state index contributed by atoms with van der Waals surface area (Å²) < 4.78 is 1.90. The highest BCUT2D eigenvalue weighted by Crippen LogP contribution is 2.12. The lowest BCUT2D eigenvalue weighted by atomic mass is 10.1. The second-order valence-corrected chi connectivity index (χ2v) is 5.71. The molecule has 3 aromatic rings. The smallest absolute Gasteiger partial charge is 0.175 e. The van der Waals surface area contributed by atoms with Crippen molar-refractivity contribution in [1.82, 2.24) is 9.78 Å². The molecule has 2 N–H and O–H groups in total. The van der Waals surface area contributed by atoms with Gasteiger partial charge in [0, 0.05) is 11.9 Å². The van der Waals surface area contributed by atoms with Crippen molar-refractivity contribution in [3.63, 3.8) is 0 Å². The molecule has 0 fully saturated rings. The average Bonchev–Trinajstić information content (AvgIpc) is 2.97. The molecule has 116 valence electrons. The van der Waals surface area contributed by atoms with E-state index in [-0.39, 0.29) is 0 Å². The molecular formula is C18H18N4S. The first-order valence-electron chi connectivity index (χ1n) is 7.41. The highest BCUT2D eigenvalue weighted by atomic mass is 32.1. The molecule has 0 aliphatic heterocycles. The zero-order chi connectivity index (χ0) is 16.1. The largest absolute Gasteiger partial charge is 0.332 e. The second kappa shape index (κ2) is 7.07. The van der Waals surface area contributed by atoms with Crippen LogP contribution in [0.1, 0.15) is 11.1 Å². The zero-order valence-electron chi connectivity index (χ0n) is 12.9. The summed E-state index contributed by atoms with van der Waals surface area (Å²) in [7, 11) is 0. The topological polar surface area (TPSA) is 41.9 Å². The Hall–Kier alpha value is -2.66. The summed E-state index contributed by atoms with van der Waals surface area (Å²) in [6.07, 6.45) is 3.72. The van der Waals surface area contributed by atoms with E-state index in [1.54, 1.807) is 6.20 Å². The molecule has 5 heteroatoms. The standard InChI is InChI=1S/C18H18N4S/c1-14-7-5-6-8-15(14)12-22-13-17(11-19-22)21-18(23)20-16-9-3-2-4-10-16/h2-11,13H,12H2,1H3,(H2,20,21,23). The van der Waals surface area contributed by atoms with Crippen molar-refractivity contribution < 1.29 is 0 Å². The third-order valence-electron chi connectivity index (χ3n) is 3.52. The molecule has 0 unspecified atom stereocenters. The summed E-state index contributed by atoms with van der Waals surface area (Å²) in [6, 6.07) is 18.1. The molecule has 2 aromatic carbocycles. The average molecular weight is 322 g/mol. The van der Waals surface area contributed by atoms with Crippen molar-refractivity contribution in [2.24, 2.45) is 0 Å². The van der Waals surface area contributed by atoms with Crippen LogP contribution in [0, 0.1) is 6.92 Å². The van der Waals surface area contributed by atoms with Crippen LogP contribution in [0.5, 0.6) is 0 Å². The van der Waals surface area contributed by atoms with Gasteiger partial charge in [0.1, 0.15) is 0 Å². The van der Waals surface area contributed by atoms with Gasteiger partial charge in [0.15, 0.2) is 5.11 Å². The molecule has 0 bridgehead atoms. The summed E-state index contributed by atoms with van der Waals surface area (Å²) in [5.74, 6) is 0. The van der Waals surface area contributed by atoms with Gasteiger partial charge in [0.25, 0.3) is 0 Å². The molecule has 0 spiro atoms. The number of anilines is 2. The van der Waals surface area contributed by atoms with Crippen molar-refractivity contribution in [3.05, 3.63) is 78.1 Å². The van der Waals surface area contributed by atoms with E-state index in [1.165, 1.54) is 11.1 Å². The lowest BCUT2D eigenvalue weighted by Gasteiger charge is -2.08. The lowest BCUT2D eigenvalue weighted by molar-refractivity contribution is 0.684. The van der Waals surface area contributed by atoms with Crippen LogP contribution >= 0.6 is 12.2 Å². The number of para-hydroxylation sites is 1. The minimum absolute atomic E-state index is 0.548. The Morgan fingerprint density at radius 3 is 2.48 bits per heavy atom. The first-order chi connectivity index (χ1) is 11.2. The molecule has 0 atom stereocenters. The normalized spacial score (nSPS) is 10.3. The molecule has 23 heavy (non-hydrogen) atoms. The highest BCUT2D eigenvalue weighted by molar-refractivity contribution is 7.80. The van der Waals surface area contributed by atoms with Crippen molar-refractivity contribution in [1.29, 1.82) is 0 Å². The first kappa shape index (κ1) is 15.2. The number of benzene rings is 2. The molecular weight excluding hydrogens is 304 g/mol. The van der Waals surface area contributed by atoms with E-state index in [0.29, 0.717) is 5.11 Å². The number of hydrogen-bond donors (Lipinski definition) is 2. The number of aromatic nitrogens is 2. The summed E-state index contributed by atoms with van der Waals surface area (Å²) in [5.41, 5.74) is 4.34. The fraction of sp³-hybridized carbons (Fsp3) is 0.111. The number of nitrogens with one attached hydrogen (secondary N) is 2.